The Kier molecular flexibility index (Phi) is 15.0. The van der Waals surface area contributed by atoms with Crippen molar-refractivity contribution in [3.8, 4) is 34.5 Å². The van der Waals surface area contributed by atoms with Gasteiger partial charge in [-0.2, -0.15) is 0 Å². The summed E-state index contributed by atoms with van der Waals surface area (Å²) in [5.41, 5.74) is 3.95. The van der Waals surface area contributed by atoms with Crippen LogP contribution in [0.2, 0.25) is 0 Å². The zero-order valence-electron chi connectivity index (χ0n) is 38.0. The Bertz CT molecular complexity index is 2230. The summed E-state index contributed by atoms with van der Waals surface area (Å²) < 4.78 is 58.4. The van der Waals surface area contributed by atoms with Gasteiger partial charge in [0, 0.05) is 10.8 Å². The first-order chi connectivity index (χ1) is 32.1. The molecular weight excluding hydrogens is 837 g/mol. The van der Waals surface area contributed by atoms with Gasteiger partial charge in [-0.3, -0.25) is 0 Å². The van der Waals surface area contributed by atoms with Crippen molar-refractivity contribution in [2.24, 2.45) is 0 Å². The number of hydrogen-bond acceptors (Lipinski definition) is 11. The monoisotopic (exact) mass is 894 g/mol. The average molecular weight is 895 g/mol. The molecule has 2 heterocycles. The standard InChI is InChI=1S/C55H58O11/c1-54(2,39-15-23-45(24-16-39)57-31-49-33-63-49)41-19-27-47(28-20-41)61-37-51(35-59-43-11-7-5-8-12-43)65-53(56)66-52(36-60-44-13-9-6-10-14-44)38-62-48-29-21-42(22-30-48)55(3,4)40-17-25-46(26-18-40)58-32-50-34-64-50/h5-30,49-52H,31-38H2,1-4H3. The summed E-state index contributed by atoms with van der Waals surface area (Å²) in [7, 11) is 0. The van der Waals surface area contributed by atoms with Crippen molar-refractivity contribution in [1.29, 1.82) is 0 Å². The lowest BCUT2D eigenvalue weighted by atomic mass is 9.78. The highest BCUT2D eigenvalue weighted by atomic mass is 16.7. The van der Waals surface area contributed by atoms with Gasteiger partial charge in [-0.15, -0.1) is 0 Å². The molecule has 6 aromatic carbocycles. The molecule has 2 aliphatic heterocycles. The van der Waals surface area contributed by atoms with E-state index in [2.05, 4.69) is 52.0 Å². The van der Waals surface area contributed by atoms with Crippen molar-refractivity contribution in [1.82, 2.24) is 0 Å². The normalized spacial score (nSPS) is 16.2. The van der Waals surface area contributed by atoms with E-state index in [-0.39, 0.29) is 49.5 Å². The SMILES string of the molecule is CC(C)(c1ccc(OCC2CO2)cc1)c1ccc(OCC(COc2ccccc2)OC(=O)OC(COc2ccccc2)COc2ccc(C(C)(C)c3ccc(OCC4CO4)cc3)cc2)cc1. The molecule has 2 fully saturated rings. The summed E-state index contributed by atoms with van der Waals surface area (Å²) >= 11 is 0. The predicted molar refractivity (Wildman–Crippen MR) is 250 cm³/mol. The van der Waals surface area contributed by atoms with E-state index in [4.69, 9.17) is 47.4 Å². The molecule has 0 bridgehead atoms. The van der Waals surface area contributed by atoms with Gasteiger partial charge >= 0.3 is 6.16 Å². The molecule has 2 aliphatic rings. The molecule has 0 amide bonds. The van der Waals surface area contributed by atoms with Gasteiger partial charge in [-0.05, 0) is 95.1 Å². The number of hydrogen-bond donors (Lipinski definition) is 0. The number of ether oxygens (including phenoxy) is 10. The summed E-state index contributed by atoms with van der Waals surface area (Å²) in [6.45, 7) is 11.4. The maximum Gasteiger partial charge on any atom is 0.509 e. The minimum atomic E-state index is -0.908. The van der Waals surface area contributed by atoms with E-state index in [1.165, 1.54) is 0 Å². The van der Waals surface area contributed by atoms with Crippen LogP contribution < -0.4 is 28.4 Å². The summed E-state index contributed by atoms with van der Waals surface area (Å²) in [5.74, 6) is 4.12. The quantitative estimate of drug-likeness (QED) is 0.0427. The average Bonchev–Trinajstić information content (AvgIpc) is 4.30. The predicted octanol–water partition coefficient (Wildman–Crippen LogP) is 10.4. The summed E-state index contributed by atoms with van der Waals surface area (Å²) in [6.07, 6.45) is -2.15. The Morgan fingerprint density at radius 1 is 0.424 bits per heavy atom. The second kappa shape index (κ2) is 21.5. The van der Waals surface area contributed by atoms with Crippen LogP contribution in [0.4, 0.5) is 4.79 Å². The van der Waals surface area contributed by atoms with Crippen molar-refractivity contribution < 1.29 is 52.2 Å². The zero-order valence-corrected chi connectivity index (χ0v) is 38.0. The lowest BCUT2D eigenvalue weighted by molar-refractivity contribution is -0.0436. The van der Waals surface area contributed by atoms with Crippen LogP contribution >= 0.6 is 0 Å². The van der Waals surface area contributed by atoms with Crippen molar-refractivity contribution in [2.75, 3.05) is 52.9 Å². The number of epoxide rings is 2. The second-order valence-electron chi connectivity index (χ2n) is 17.5. The minimum absolute atomic E-state index is 0.0101. The van der Waals surface area contributed by atoms with Gasteiger partial charge in [0.1, 0.15) is 86.3 Å². The molecule has 0 spiro atoms. The van der Waals surface area contributed by atoms with Crippen molar-refractivity contribution >= 4 is 6.16 Å². The van der Waals surface area contributed by atoms with Gasteiger partial charge in [-0.25, -0.2) is 4.79 Å². The third kappa shape index (κ3) is 13.2. The van der Waals surface area contributed by atoms with E-state index in [0.29, 0.717) is 36.2 Å². The molecule has 11 heteroatoms. The molecule has 4 unspecified atom stereocenters. The van der Waals surface area contributed by atoms with Gasteiger partial charge in [0.05, 0.1) is 13.2 Å². The van der Waals surface area contributed by atoms with Crippen molar-refractivity contribution in [3.05, 3.63) is 180 Å². The zero-order chi connectivity index (χ0) is 45.8. The van der Waals surface area contributed by atoms with Crippen LogP contribution in [0.1, 0.15) is 49.9 Å². The highest BCUT2D eigenvalue weighted by Crippen LogP contribution is 2.35. The number of carbonyl (C=O) groups excluding carboxylic acids is 1. The molecule has 0 aliphatic carbocycles. The summed E-state index contributed by atoms with van der Waals surface area (Å²) in [5, 5.41) is 0. The van der Waals surface area contributed by atoms with Gasteiger partial charge < -0.3 is 47.4 Å². The van der Waals surface area contributed by atoms with E-state index in [1.54, 1.807) is 0 Å². The highest BCUT2D eigenvalue weighted by Gasteiger charge is 2.28. The van der Waals surface area contributed by atoms with Crippen LogP contribution in [-0.2, 0) is 29.8 Å². The Hall–Kier alpha value is -6.69. The van der Waals surface area contributed by atoms with Crippen molar-refractivity contribution in [3.63, 3.8) is 0 Å². The van der Waals surface area contributed by atoms with Crippen LogP contribution in [0.5, 0.6) is 34.5 Å². The van der Waals surface area contributed by atoms with Crippen LogP contribution in [0, 0.1) is 0 Å². The first-order valence-corrected chi connectivity index (χ1v) is 22.5. The molecule has 0 N–H and O–H groups in total. The van der Waals surface area contributed by atoms with E-state index >= 15 is 0 Å². The van der Waals surface area contributed by atoms with Gasteiger partial charge in [0.2, 0.25) is 0 Å². The molecule has 6 aromatic rings. The number of para-hydroxylation sites is 2. The Morgan fingerprint density at radius 3 is 0.955 bits per heavy atom. The fourth-order valence-electron chi connectivity index (χ4n) is 7.23. The van der Waals surface area contributed by atoms with Crippen LogP contribution in [0.15, 0.2) is 158 Å². The maximum absolute atomic E-state index is 13.6. The molecule has 2 saturated heterocycles. The largest absolute Gasteiger partial charge is 0.509 e. The Labute approximate surface area is 387 Å². The topological polar surface area (TPSA) is 116 Å². The van der Waals surface area contributed by atoms with Gasteiger partial charge in [-0.1, -0.05) is 113 Å². The number of carbonyl (C=O) groups is 1. The fraction of sp³-hybridized carbons (Fsp3) is 0.327. The highest BCUT2D eigenvalue weighted by molar-refractivity contribution is 5.60. The summed E-state index contributed by atoms with van der Waals surface area (Å²) in [6, 6.07) is 50.8. The third-order valence-corrected chi connectivity index (χ3v) is 11.7. The first-order valence-electron chi connectivity index (χ1n) is 22.5. The summed E-state index contributed by atoms with van der Waals surface area (Å²) in [4.78, 5) is 13.6. The first kappa shape index (κ1) is 45.9. The smallest absolute Gasteiger partial charge is 0.491 e. The molecule has 11 nitrogen and oxygen atoms in total. The molecule has 344 valence electrons. The number of benzene rings is 6. The molecule has 0 aromatic heterocycles. The molecule has 4 atom stereocenters. The molecule has 0 saturated carbocycles. The van der Waals surface area contributed by atoms with Crippen molar-refractivity contribution in [2.45, 2.75) is 62.9 Å². The number of rotatable bonds is 24. The van der Waals surface area contributed by atoms with Gasteiger partial charge in [0.15, 0.2) is 12.2 Å². The lowest BCUT2D eigenvalue weighted by Gasteiger charge is -2.27. The molecule has 66 heavy (non-hydrogen) atoms. The van der Waals surface area contributed by atoms with E-state index in [0.717, 1.165) is 47.0 Å². The fourth-order valence-corrected chi connectivity index (χ4v) is 7.23. The van der Waals surface area contributed by atoms with Gasteiger partial charge in [0.25, 0.3) is 0 Å². The van der Waals surface area contributed by atoms with E-state index in [9.17, 15) is 4.79 Å². The minimum Gasteiger partial charge on any atom is -0.491 e. The lowest BCUT2D eigenvalue weighted by Crippen LogP contribution is -2.36. The molecule has 0 radical (unpaired) electrons. The Morgan fingerprint density at radius 2 is 0.682 bits per heavy atom. The second-order valence-corrected chi connectivity index (χ2v) is 17.5. The van der Waals surface area contributed by atoms with E-state index in [1.807, 2.05) is 133 Å². The van der Waals surface area contributed by atoms with E-state index < -0.39 is 18.4 Å². The molecular formula is C55H58O11. The Balaban J connectivity index is 0.885. The van der Waals surface area contributed by atoms with Crippen LogP contribution in [0.25, 0.3) is 0 Å². The molecule has 8 rings (SSSR count). The third-order valence-electron chi connectivity index (χ3n) is 11.7. The van der Waals surface area contributed by atoms with Crippen LogP contribution in [-0.4, -0.2) is 83.4 Å². The maximum atomic E-state index is 13.6. The van der Waals surface area contributed by atoms with Crippen LogP contribution in [0.3, 0.4) is 0 Å².